The van der Waals surface area contributed by atoms with Crippen molar-refractivity contribution in [1.82, 2.24) is 10.2 Å². The first-order valence-electron chi connectivity index (χ1n) is 9.56. The molecular weight excluding hydrogens is 324 g/mol. The Morgan fingerprint density at radius 3 is 2.65 bits per heavy atom. The molecule has 0 radical (unpaired) electrons. The lowest BCUT2D eigenvalue weighted by atomic mass is 10.1. The maximum atomic E-state index is 12.9. The van der Waals surface area contributed by atoms with Crippen molar-refractivity contribution in [2.24, 2.45) is 0 Å². The summed E-state index contributed by atoms with van der Waals surface area (Å²) in [6.45, 7) is 5.02. The van der Waals surface area contributed by atoms with Gasteiger partial charge in [0.15, 0.2) is 0 Å². The quantitative estimate of drug-likeness (QED) is 0.919. The van der Waals surface area contributed by atoms with Crippen molar-refractivity contribution in [2.45, 2.75) is 32.2 Å². The molecule has 0 bridgehead atoms. The molecule has 4 heteroatoms. The van der Waals surface area contributed by atoms with Crippen LogP contribution < -0.4 is 10.1 Å². The van der Waals surface area contributed by atoms with Gasteiger partial charge < -0.3 is 15.0 Å². The minimum Gasteiger partial charge on any atom is -0.491 e. The van der Waals surface area contributed by atoms with Crippen LogP contribution in [0.5, 0.6) is 5.75 Å². The zero-order valence-corrected chi connectivity index (χ0v) is 15.5. The molecule has 0 aliphatic carbocycles. The predicted molar refractivity (Wildman–Crippen MR) is 105 cm³/mol. The standard InChI is InChI=1S/C22H28N2O2/c1-2-24-15-9-8-14-23-19(16-18-10-4-3-5-11-18)17-26-21-13-7-6-12-20(21)22(24)25/h3-7,10-13,19,23H,2,8-9,14-17H2,1H3/t19-/m1/s1. The summed E-state index contributed by atoms with van der Waals surface area (Å²) in [6, 6.07) is 18.3. The van der Waals surface area contributed by atoms with Gasteiger partial charge in [0.1, 0.15) is 12.4 Å². The smallest absolute Gasteiger partial charge is 0.257 e. The Morgan fingerprint density at radius 1 is 1.08 bits per heavy atom. The number of ether oxygens (including phenoxy) is 1. The van der Waals surface area contributed by atoms with Crippen LogP contribution in [-0.4, -0.2) is 43.1 Å². The average Bonchev–Trinajstić information content (AvgIpc) is 2.68. The van der Waals surface area contributed by atoms with E-state index in [4.69, 9.17) is 4.74 Å². The minimum atomic E-state index is 0.0660. The van der Waals surface area contributed by atoms with Crippen LogP contribution >= 0.6 is 0 Å². The van der Waals surface area contributed by atoms with E-state index in [-0.39, 0.29) is 11.9 Å². The Kier molecular flexibility index (Phi) is 6.67. The molecule has 4 nitrogen and oxygen atoms in total. The van der Waals surface area contributed by atoms with Gasteiger partial charge in [-0.3, -0.25) is 4.79 Å². The van der Waals surface area contributed by atoms with Gasteiger partial charge in [-0.2, -0.15) is 0 Å². The molecule has 3 rings (SSSR count). The lowest BCUT2D eigenvalue weighted by Gasteiger charge is -2.25. The van der Waals surface area contributed by atoms with Crippen LogP contribution in [0.3, 0.4) is 0 Å². The summed E-state index contributed by atoms with van der Waals surface area (Å²) in [5.41, 5.74) is 1.95. The first kappa shape index (κ1) is 18.5. The Labute approximate surface area is 156 Å². The van der Waals surface area contributed by atoms with Crippen molar-refractivity contribution in [2.75, 3.05) is 26.2 Å². The summed E-state index contributed by atoms with van der Waals surface area (Å²) in [6.07, 6.45) is 2.97. The predicted octanol–water partition coefficient (Wildman–Crippen LogP) is 3.52. The van der Waals surface area contributed by atoms with E-state index in [1.807, 2.05) is 42.2 Å². The van der Waals surface area contributed by atoms with Gasteiger partial charge in [-0.15, -0.1) is 0 Å². The number of fused-ring (bicyclic) bond motifs is 1. The van der Waals surface area contributed by atoms with Gasteiger partial charge in [-0.05, 0) is 50.4 Å². The lowest BCUT2D eigenvalue weighted by Crippen LogP contribution is -2.39. The van der Waals surface area contributed by atoms with Crippen molar-refractivity contribution in [3.63, 3.8) is 0 Å². The largest absolute Gasteiger partial charge is 0.491 e. The molecule has 1 amide bonds. The fourth-order valence-corrected chi connectivity index (χ4v) is 3.36. The highest BCUT2D eigenvalue weighted by Gasteiger charge is 2.20. The van der Waals surface area contributed by atoms with Crippen LogP contribution in [0.4, 0.5) is 0 Å². The molecule has 0 aromatic heterocycles. The third-order valence-corrected chi connectivity index (χ3v) is 4.84. The number of nitrogens with one attached hydrogen (secondary N) is 1. The Bertz CT molecular complexity index is 702. The molecule has 0 fully saturated rings. The topological polar surface area (TPSA) is 41.6 Å². The van der Waals surface area contributed by atoms with Crippen molar-refractivity contribution in [1.29, 1.82) is 0 Å². The summed E-state index contributed by atoms with van der Waals surface area (Å²) in [5, 5.41) is 3.63. The fourth-order valence-electron chi connectivity index (χ4n) is 3.36. The maximum absolute atomic E-state index is 12.9. The van der Waals surface area contributed by atoms with Gasteiger partial charge in [0.2, 0.25) is 0 Å². The van der Waals surface area contributed by atoms with Gasteiger partial charge in [0.05, 0.1) is 5.56 Å². The summed E-state index contributed by atoms with van der Waals surface area (Å²) in [5.74, 6) is 0.743. The molecule has 1 aliphatic rings. The highest BCUT2D eigenvalue weighted by Crippen LogP contribution is 2.21. The van der Waals surface area contributed by atoms with Gasteiger partial charge in [-0.25, -0.2) is 0 Å². The lowest BCUT2D eigenvalue weighted by molar-refractivity contribution is 0.0754. The van der Waals surface area contributed by atoms with Crippen molar-refractivity contribution in [3.05, 3.63) is 65.7 Å². The Balaban J connectivity index is 1.78. The average molecular weight is 352 g/mol. The van der Waals surface area contributed by atoms with E-state index < -0.39 is 0 Å². The number of carbonyl (C=O) groups excluding carboxylic acids is 1. The van der Waals surface area contributed by atoms with E-state index in [9.17, 15) is 4.79 Å². The third-order valence-electron chi connectivity index (χ3n) is 4.84. The van der Waals surface area contributed by atoms with Crippen LogP contribution in [0.25, 0.3) is 0 Å². The molecule has 1 heterocycles. The normalized spacial score (nSPS) is 19.0. The number of amides is 1. The molecule has 2 aromatic carbocycles. The molecule has 0 spiro atoms. The Morgan fingerprint density at radius 2 is 1.85 bits per heavy atom. The SMILES string of the molecule is CCN1CCCCN[C@H](Cc2ccccc2)COc2ccccc2C1=O. The molecule has 2 aromatic rings. The summed E-state index contributed by atoms with van der Waals surface area (Å²) >= 11 is 0. The zero-order valence-electron chi connectivity index (χ0n) is 15.5. The molecule has 26 heavy (non-hydrogen) atoms. The van der Waals surface area contributed by atoms with Crippen molar-refractivity contribution < 1.29 is 9.53 Å². The second-order valence-electron chi connectivity index (χ2n) is 6.74. The van der Waals surface area contributed by atoms with Gasteiger partial charge in [0.25, 0.3) is 5.91 Å². The second kappa shape index (κ2) is 9.39. The number of para-hydroxylation sites is 1. The fraction of sp³-hybridized carbons (Fsp3) is 0.409. The van der Waals surface area contributed by atoms with E-state index >= 15 is 0 Å². The van der Waals surface area contributed by atoms with E-state index in [2.05, 4.69) is 29.6 Å². The number of hydrogen-bond donors (Lipinski definition) is 1. The molecule has 1 N–H and O–H groups in total. The van der Waals surface area contributed by atoms with E-state index in [1.54, 1.807) is 0 Å². The number of rotatable bonds is 3. The first-order chi connectivity index (χ1) is 12.8. The molecular formula is C22H28N2O2. The number of nitrogens with zero attached hydrogens (tertiary/aromatic N) is 1. The highest BCUT2D eigenvalue weighted by atomic mass is 16.5. The van der Waals surface area contributed by atoms with Crippen LogP contribution in [0.1, 0.15) is 35.7 Å². The van der Waals surface area contributed by atoms with Gasteiger partial charge in [0, 0.05) is 19.1 Å². The molecule has 1 aliphatic heterocycles. The van der Waals surface area contributed by atoms with Crippen molar-refractivity contribution in [3.8, 4) is 5.75 Å². The Hall–Kier alpha value is -2.33. The molecule has 138 valence electrons. The molecule has 1 atom stereocenters. The number of hydrogen-bond acceptors (Lipinski definition) is 3. The van der Waals surface area contributed by atoms with Crippen LogP contribution in [0.2, 0.25) is 0 Å². The van der Waals surface area contributed by atoms with E-state index in [1.165, 1.54) is 5.56 Å². The second-order valence-corrected chi connectivity index (χ2v) is 6.74. The highest BCUT2D eigenvalue weighted by molar-refractivity contribution is 5.96. The molecule has 0 saturated heterocycles. The van der Waals surface area contributed by atoms with Crippen molar-refractivity contribution >= 4 is 5.91 Å². The van der Waals surface area contributed by atoms with Gasteiger partial charge >= 0.3 is 0 Å². The van der Waals surface area contributed by atoms with E-state index in [0.717, 1.165) is 38.9 Å². The van der Waals surface area contributed by atoms with Crippen LogP contribution in [0, 0.1) is 0 Å². The van der Waals surface area contributed by atoms with Crippen LogP contribution in [-0.2, 0) is 6.42 Å². The first-order valence-corrected chi connectivity index (χ1v) is 9.56. The van der Waals surface area contributed by atoms with Crippen LogP contribution in [0.15, 0.2) is 54.6 Å². The molecule has 0 saturated carbocycles. The maximum Gasteiger partial charge on any atom is 0.257 e. The summed E-state index contributed by atoms with van der Waals surface area (Å²) in [4.78, 5) is 14.8. The minimum absolute atomic E-state index is 0.0660. The summed E-state index contributed by atoms with van der Waals surface area (Å²) in [7, 11) is 0. The number of carbonyl (C=O) groups is 1. The monoisotopic (exact) mass is 352 g/mol. The third kappa shape index (κ3) is 4.85. The zero-order chi connectivity index (χ0) is 18.2. The summed E-state index contributed by atoms with van der Waals surface area (Å²) < 4.78 is 6.10. The van der Waals surface area contributed by atoms with Gasteiger partial charge in [-0.1, -0.05) is 42.5 Å². The number of benzene rings is 2. The molecule has 0 unspecified atom stereocenters. The van der Waals surface area contributed by atoms with E-state index in [0.29, 0.717) is 17.9 Å².